The molecule has 0 aliphatic heterocycles. The van der Waals surface area contributed by atoms with E-state index >= 15 is 0 Å². The maximum atomic E-state index is 11.7. The number of phenols is 1. The van der Waals surface area contributed by atoms with Crippen LogP contribution in [0, 0.1) is 6.92 Å². The second-order valence-corrected chi connectivity index (χ2v) is 6.40. The quantitative estimate of drug-likeness (QED) is 0.881. The second-order valence-electron chi connectivity index (χ2n) is 6.40. The summed E-state index contributed by atoms with van der Waals surface area (Å²) in [6, 6.07) is 5.54. The summed E-state index contributed by atoms with van der Waals surface area (Å²) in [4.78, 5) is 14.0. The first-order valence-corrected chi connectivity index (χ1v) is 8.02. The van der Waals surface area contributed by atoms with Crippen molar-refractivity contribution >= 4 is 11.0 Å². The minimum atomic E-state index is -0.364. The zero-order valence-electron chi connectivity index (χ0n) is 13.3. The van der Waals surface area contributed by atoms with E-state index in [4.69, 9.17) is 4.42 Å². The lowest BCUT2D eigenvalue weighted by Gasteiger charge is -2.31. The van der Waals surface area contributed by atoms with Gasteiger partial charge in [-0.3, -0.25) is 4.90 Å². The first kappa shape index (κ1) is 15.1. The first-order valence-electron chi connectivity index (χ1n) is 8.02. The average molecular weight is 301 g/mol. The highest BCUT2D eigenvalue weighted by molar-refractivity contribution is 5.84. The van der Waals surface area contributed by atoms with Crippen molar-refractivity contribution in [3.63, 3.8) is 0 Å². The molecule has 1 N–H and O–H groups in total. The van der Waals surface area contributed by atoms with Crippen molar-refractivity contribution < 1.29 is 9.52 Å². The minimum Gasteiger partial charge on any atom is -0.507 e. The van der Waals surface area contributed by atoms with E-state index in [2.05, 4.69) is 11.9 Å². The summed E-state index contributed by atoms with van der Waals surface area (Å²) in [5.74, 6) is 0.198. The molecule has 1 aromatic heterocycles. The molecule has 0 radical (unpaired) electrons. The lowest BCUT2D eigenvalue weighted by Crippen LogP contribution is -2.33. The van der Waals surface area contributed by atoms with Gasteiger partial charge in [0.05, 0.1) is 5.56 Å². The fourth-order valence-corrected chi connectivity index (χ4v) is 3.48. The summed E-state index contributed by atoms with van der Waals surface area (Å²) in [6.07, 6.45) is 6.25. The number of rotatable bonds is 3. The lowest BCUT2D eigenvalue weighted by atomic mass is 9.94. The van der Waals surface area contributed by atoms with E-state index in [9.17, 15) is 9.90 Å². The fraction of sp³-hybridized carbons (Fsp3) is 0.500. The summed E-state index contributed by atoms with van der Waals surface area (Å²) in [5, 5.41) is 11.1. The standard InChI is InChI=1S/C18H23NO3/c1-12-10-17(21)22-18-14(12)8-9-16(20)15(18)11-19(2)13-6-4-3-5-7-13/h8-10,13,20H,3-7,11H2,1-2H3. The highest BCUT2D eigenvalue weighted by Gasteiger charge is 2.21. The van der Waals surface area contributed by atoms with Gasteiger partial charge in [0, 0.05) is 24.0 Å². The number of benzene rings is 1. The van der Waals surface area contributed by atoms with E-state index in [1.54, 1.807) is 6.07 Å². The summed E-state index contributed by atoms with van der Waals surface area (Å²) < 4.78 is 5.40. The molecule has 1 fully saturated rings. The molecule has 0 atom stereocenters. The molecule has 3 rings (SSSR count). The van der Waals surface area contributed by atoms with Crippen LogP contribution in [0.4, 0.5) is 0 Å². The van der Waals surface area contributed by atoms with Crippen molar-refractivity contribution in [1.82, 2.24) is 4.90 Å². The summed E-state index contributed by atoms with van der Waals surface area (Å²) in [5.41, 5.74) is 1.75. The van der Waals surface area contributed by atoms with E-state index in [0.717, 1.165) is 10.9 Å². The van der Waals surface area contributed by atoms with Gasteiger partial charge in [-0.2, -0.15) is 0 Å². The third kappa shape index (κ3) is 2.88. The van der Waals surface area contributed by atoms with Gasteiger partial charge in [-0.1, -0.05) is 19.3 Å². The molecule has 118 valence electrons. The van der Waals surface area contributed by atoms with Crippen LogP contribution in [-0.2, 0) is 6.54 Å². The number of fused-ring (bicyclic) bond motifs is 1. The molecule has 1 aromatic carbocycles. The van der Waals surface area contributed by atoms with Crippen LogP contribution in [0.3, 0.4) is 0 Å². The van der Waals surface area contributed by atoms with Crippen LogP contribution in [0.5, 0.6) is 5.75 Å². The zero-order chi connectivity index (χ0) is 15.7. The normalized spacial score (nSPS) is 16.5. The van der Waals surface area contributed by atoms with Crippen molar-refractivity contribution in [2.45, 2.75) is 51.6 Å². The van der Waals surface area contributed by atoms with Crippen LogP contribution in [0.2, 0.25) is 0 Å². The highest BCUT2D eigenvalue weighted by atomic mass is 16.4. The van der Waals surface area contributed by atoms with E-state index in [-0.39, 0.29) is 11.4 Å². The van der Waals surface area contributed by atoms with Crippen LogP contribution >= 0.6 is 0 Å². The maximum Gasteiger partial charge on any atom is 0.336 e. The predicted octanol–water partition coefficient (Wildman–Crippen LogP) is 3.57. The smallest absolute Gasteiger partial charge is 0.336 e. The topological polar surface area (TPSA) is 53.7 Å². The second kappa shape index (κ2) is 6.13. The van der Waals surface area contributed by atoms with Crippen LogP contribution in [0.25, 0.3) is 11.0 Å². The van der Waals surface area contributed by atoms with Gasteiger partial charge in [-0.25, -0.2) is 4.79 Å². The number of nitrogens with zero attached hydrogens (tertiary/aromatic N) is 1. The van der Waals surface area contributed by atoms with Crippen molar-refractivity contribution in [3.8, 4) is 5.75 Å². The number of aryl methyl sites for hydroxylation is 1. The Morgan fingerprint density at radius 3 is 2.73 bits per heavy atom. The summed E-state index contributed by atoms with van der Waals surface area (Å²) in [6.45, 7) is 2.49. The third-order valence-electron chi connectivity index (χ3n) is 4.80. The predicted molar refractivity (Wildman–Crippen MR) is 87.2 cm³/mol. The van der Waals surface area contributed by atoms with Crippen LogP contribution < -0.4 is 5.63 Å². The number of aromatic hydroxyl groups is 1. The molecular formula is C18H23NO3. The van der Waals surface area contributed by atoms with Gasteiger partial charge in [-0.15, -0.1) is 0 Å². The monoisotopic (exact) mass is 301 g/mol. The van der Waals surface area contributed by atoms with Crippen LogP contribution in [-0.4, -0.2) is 23.1 Å². The van der Waals surface area contributed by atoms with E-state index in [1.807, 2.05) is 13.0 Å². The molecule has 1 heterocycles. The van der Waals surface area contributed by atoms with Crippen molar-refractivity contribution in [2.24, 2.45) is 0 Å². The average Bonchev–Trinajstić information content (AvgIpc) is 2.50. The van der Waals surface area contributed by atoms with Gasteiger partial charge in [0.25, 0.3) is 0 Å². The Labute approximate surface area is 130 Å². The zero-order valence-corrected chi connectivity index (χ0v) is 13.3. The van der Waals surface area contributed by atoms with Crippen LogP contribution in [0.1, 0.15) is 43.2 Å². The molecule has 4 heteroatoms. The molecule has 0 saturated heterocycles. The Hall–Kier alpha value is -1.81. The van der Waals surface area contributed by atoms with Crippen molar-refractivity contribution in [3.05, 3.63) is 39.7 Å². The van der Waals surface area contributed by atoms with Gasteiger partial charge in [0.2, 0.25) is 0 Å². The van der Waals surface area contributed by atoms with Gasteiger partial charge < -0.3 is 9.52 Å². The molecule has 2 aromatic rings. The minimum absolute atomic E-state index is 0.198. The largest absolute Gasteiger partial charge is 0.507 e. The van der Waals surface area contributed by atoms with Crippen LogP contribution in [0.15, 0.2) is 27.4 Å². The molecule has 0 bridgehead atoms. The Morgan fingerprint density at radius 1 is 1.27 bits per heavy atom. The Balaban J connectivity index is 1.98. The highest BCUT2D eigenvalue weighted by Crippen LogP contribution is 2.31. The Bertz CT molecular complexity index is 729. The third-order valence-corrected chi connectivity index (χ3v) is 4.80. The number of phenolic OH excluding ortho intramolecular Hbond substituents is 1. The number of hydrogen-bond acceptors (Lipinski definition) is 4. The maximum absolute atomic E-state index is 11.7. The molecule has 0 spiro atoms. The van der Waals surface area contributed by atoms with E-state index < -0.39 is 0 Å². The van der Waals surface area contributed by atoms with Gasteiger partial charge in [0.15, 0.2) is 0 Å². The molecule has 4 nitrogen and oxygen atoms in total. The molecular weight excluding hydrogens is 278 g/mol. The molecule has 1 saturated carbocycles. The summed E-state index contributed by atoms with van der Waals surface area (Å²) in [7, 11) is 2.09. The first-order chi connectivity index (χ1) is 10.6. The van der Waals surface area contributed by atoms with Gasteiger partial charge in [-0.05, 0) is 44.5 Å². The van der Waals surface area contributed by atoms with E-state index in [1.165, 1.54) is 38.2 Å². The SMILES string of the molecule is Cc1cc(=O)oc2c(CN(C)C3CCCCC3)c(O)ccc12. The fourth-order valence-electron chi connectivity index (χ4n) is 3.48. The van der Waals surface area contributed by atoms with Crippen molar-refractivity contribution in [1.29, 1.82) is 0 Å². The molecule has 1 aliphatic rings. The molecule has 0 unspecified atom stereocenters. The Morgan fingerprint density at radius 2 is 2.00 bits per heavy atom. The van der Waals surface area contributed by atoms with Gasteiger partial charge >= 0.3 is 5.63 Å². The Kier molecular flexibility index (Phi) is 4.21. The molecule has 22 heavy (non-hydrogen) atoms. The van der Waals surface area contributed by atoms with E-state index in [0.29, 0.717) is 23.7 Å². The van der Waals surface area contributed by atoms with Crippen molar-refractivity contribution in [2.75, 3.05) is 7.05 Å². The summed E-state index contributed by atoms with van der Waals surface area (Å²) >= 11 is 0. The molecule has 1 aliphatic carbocycles. The molecule has 0 amide bonds. The lowest BCUT2D eigenvalue weighted by molar-refractivity contribution is 0.183. The number of hydrogen-bond donors (Lipinski definition) is 1. The van der Waals surface area contributed by atoms with Gasteiger partial charge in [0.1, 0.15) is 11.3 Å².